The van der Waals surface area contributed by atoms with Gasteiger partial charge in [-0.05, 0) is 30.3 Å². The SMILES string of the molecule is O=C(NCc1cc(-c2cnc(C(F)(F)F)nc2)ncc1F)[C@@H]1[C@@H]2[C@H](CN1S(=O)(=O)c1ccc(F)cc1)C2(F)F. The van der Waals surface area contributed by atoms with Crippen LogP contribution < -0.4 is 5.32 Å². The first-order chi connectivity index (χ1) is 18.2. The summed E-state index contributed by atoms with van der Waals surface area (Å²) in [4.78, 5) is 22.8. The second-order valence-corrected chi connectivity index (χ2v) is 10.8. The molecule has 3 atom stereocenters. The van der Waals surface area contributed by atoms with Crippen molar-refractivity contribution in [3.05, 3.63) is 71.9 Å². The second-order valence-electron chi connectivity index (χ2n) is 8.95. The van der Waals surface area contributed by atoms with E-state index in [4.69, 9.17) is 0 Å². The van der Waals surface area contributed by atoms with Crippen molar-refractivity contribution in [2.45, 2.75) is 29.6 Å². The summed E-state index contributed by atoms with van der Waals surface area (Å²) in [5.74, 6) is -10.4. The van der Waals surface area contributed by atoms with Gasteiger partial charge in [0.1, 0.15) is 17.7 Å². The molecule has 3 heterocycles. The molecule has 1 aliphatic carbocycles. The number of nitrogens with zero attached hydrogens (tertiary/aromatic N) is 4. The predicted molar refractivity (Wildman–Crippen MR) is 118 cm³/mol. The third-order valence-electron chi connectivity index (χ3n) is 6.57. The molecule has 206 valence electrons. The number of carbonyl (C=O) groups excluding carboxylic acids is 1. The first kappa shape index (κ1) is 26.9. The predicted octanol–water partition coefficient (Wildman–Crippen LogP) is 3.41. The van der Waals surface area contributed by atoms with Gasteiger partial charge in [-0.2, -0.15) is 17.5 Å². The van der Waals surface area contributed by atoms with Crippen molar-refractivity contribution >= 4 is 15.9 Å². The number of nitrogens with one attached hydrogen (secondary N) is 1. The summed E-state index contributed by atoms with van der Waals surface area (Å²) in [6, 6.07) is 2.92. The maximum atomic E-state index is 14.4. The van der Waals surface area contributed by atoms with Gasteiger partial charge in [0.25, 0.3) is 5.92 Å². The van der Waals surface area contributed by atoms with Crippen LogP contribution in [-0.2, 0) is 27.5 Å². The Balaban J connectivity index is 1.36. The summed E-state index contributed by atoms with van der Waals surface area (Å²) in [5.41, 5.74) is -0.244. The van der Waals surface area contributed by atoms with Crippen molar-refractivity contribution in [1.82, 2.24) is 24.6 Å². The minimum atomic E-state index is -4.78. The summed E-state index contributed by atoms with van der Waals surface area (Å²) in [7, 11) is -4.46. The quantitative estimate of drug-likeness (QED) is 0.452. The molecular formula is C23H16F7N5O3S. The summed E-state index contributed by atoms with van der Waals surface area (Å²) < 4.78 is 121. The Bertz CT molecular complexity index is 1530. The fraction of sp³-hybridized carbons (Fsp3) is 0.304. The van der Waals surface area contributed by atoms with Gasteiger partial charge < -0.3 is 5.32 Å². The van der Waals surface area contributed by atoms with E-state index in [9.17, 15) is 43.9 Å². The van der Waals surface area contributed by atoms with Crippen LogP contribution >= 0.6 is 0 Å². The molecule has 0 radical (unpaired) electrons. The van der Waals surface area contributed by atoms with E-state index in [1.54, 1.807) is 0 Å². The molecule has 1 aromatic carbocycles. The van der Waals surface area contributed by atoms with Crippen LogP contribution in [0.1, 0.15) is 11.4 Å². The van der Waals surface area contributed by atoms with Crippen LogP contribution in [0.15, 0.2) is 53.8 Å². The van der Waals surface area contributed by atoms with Gasteiger partial charge in [0.15, 0.2) is 0 Å². The fourth-order valence-corrected chi connectivity index (χ4v) is 6.15. The molecule has 1 saturated carbocycles. The molecule has 39 heavy (non-hydrogen) atoms. The minimum Gasteiger partial charge on any atom is -0.351 e. The highest BCUT2D eigenvalue weighted by atomic mass is 32.2. The number of alkyl halides is 5. The molecule has 2 aromatic heterocycles. The summed E-state index contributed by atoms with van der Waals surface area (Å²) in [6.45, 7) is -1.22. The van der Waals surface area contributed by atoms with Gasteiger partial charge in [0.2, 0.25) is 21.8 Å². The van der Waals surface area contributed by atoms with Gasteiger partial charge in [0.05, 0.1) is 22.7 Å². The average molecular weight is 575 g/mol. The third-order valence-corrected chi connectivity index (χ3v) is 8.43. The van der Waals surface area contributed by atoms with Crippen molar-refractivity contribution in [3.8, 4) is 11.3 Å². The average Bonchev–Trinajstić information content (AvgIpc) is 3.21. The third kappa shape index (κ3) is 4.82. The van der Waals surface area contributed by atoms with Crippen molar-refractivity contribution in [3.63, 3.8) is 0 Å². The molecule has 5 rings (SSSR count). The van der Waals surface area contributed by atoms with Gasteiger partial charge >= 0.3 is 6.18 Å². The molecule has 2 aliphatic rings. The number of hydrogen-bond donors (Lipinski definition) is 1. The molecule has 1 amide bonds. The van der Waals surface area contributed by atoms with Crippen LogP contribution in [0.2, 0.25) is 0 Å². The van der Waals surface area contributed by atoms with Gasteiger partial charge in [-0.1, -0.05) is 0 Å². The molecule has 1 aliphatic heterocycles. The Morgan fingerprint density at radius 3 is 2.31 bits per heavy atom. The number of aromatic nitrogens is 3. The summed E-state index contributed by atoms with van der Waals surface area (Å²) >= 11 is 0. The van der Waals surface area contributed by atoms with Crippen molar-refractivity contribution in [2.75, 3.05) is 6.54 Å². The highest BCUT2D eigenvalue weighted by Crippen LogP contribution is 2.63. The highest BCUT2D eigenvalue weighted by Gasteiger charge is 2.78. The molecule has 16 heteroatoms. The molecular weight excluding hydrogens is 559 g/mol. The maximum absolute atomic E-state index is 14.4. The Morgan fingerprint density at radius 1 is 1.05 bits per heavy atom. The van der Waals surface area contributed by atoms with Gasteiger partial charge in [-0.15, -0.1) is 0 Å². The molecule has 2 fully saturated rings. The molecule has 3 aromatic rings. The molecule has 1 saturated heterocycles. The second kappa shape index (κ2) is 9.22. The molecule has 0 spiro atoms. The van der Waals surface area contributed by atoms with Crippen LogP contribution in [0.3, 0.4) is 0 Å². The van der Waals surface area contributed by atoms with Crippen molar-refractivity contribution in [1.29, 1.82) is 0 Å². The van der Waals surface area contributed by atoms with Crippen LogP contribution in [0.5, 0.6) is 0 Å². The Labute approximate surface area is 216 Å². The normalized spacial score (nSPS) is 22.4. The highest BCUT2D eigenvalue weighted by molar-refractivity contribution is 7.89. The van der Waals surface area contributed by atoms with Crippen LogP contribution in [0.25, 0.3) is 11.3 Å². The maximum Gasteiger partial charge on any atom is 0.451 e. The number of fused-ring (bicyclic) bond motifs is 1. The number of piperidine rings is 1. The molecule has 0 unspecified atom stereocenters. The standard InChI is InChI=1S/C23H16F7N5O3S/c24-13-1-3-14(4-2-13)39(37,38)35-10-15-18(22(15,26)27)19(35)20(36)32-6-11-5-17(31-9-16(11)25)12-7-33-21(34-8-12)23(28,29)30/h1-5,7-9,15,18-19H,6,10H2,(H,32,36)/t15-,18-,19-/m0/s1. The minimum absolute atomic E-state index is 0.00315. The lowest BCUT2D eigenvalue weighted by atomic mass is 10.1. The molecule has 0 bridgehead atoms. The van der Waals surface area contributed by atoms with Gasteiger partial charge in [-0.25, -0.2) is 35.9 Å². The van der Waals surface area contributed by atoms with E-state index in [2.05, 4.69) is 20.3 Å². The topological polar surface area (TPSA) is 105 Å². The lowest BCUT2D eigenvalue weighted by Crippen LogP contribution is -2.50. The number of sulfonamides is 1. The van der Waals surface area contributed by atoms with Crippen molar-refractivity contribution in [2.24, 2.45) is 11.8 Å². The Kier molecular flexibility index (Phi) is 6.37. The number of benzene rings is 1. The number of hydrogen-bond acceptors (Lipinski definition) is 6. The zero-order chi connectivity index (χ0) is 28.3. The largest absolute Gasteiger partial charge is 0.451 e. The van der Waals surface area contributed by atoms with E-state index in [0.29, 0.717) is 4.31 Å². The first-order valence-electron chi connectivity index (χ1n) is 11.2. The van der Waals surface area contributed by atoms with Gasteiger partial charge in [0, 0.05) is 42.5 Å². The first-order valence-corrected chi connectivity index (χ1v) is 12.6. The number of amides is 1. The number of carbonyl (C=O) groups is 1. The van der Waals surface area contributed by atoms with E-state index in [1.807, 2.05) is 0 Å². The van der Waals surface area contributed by atoms with E-state index >= 15 is 0 Å². The van der Waals surface area contributed by atoms with Crippen LogP contribution in [0, 0.1) is 23.5 Å². The van der Waals surface area contributed by atoms with Crippen molar-refractivity contribution < 1.29 is 43.9 Å². The van der Waals surface area contributed by atoms with Crippen LogP contribution in [0.4, 0.5) is 30.7 Å². The number of rotatable bonds is 6. The monoisotopic (exact) mass is 575 g/mol. The van der Waals surface area contributed by atoms with E-state index in [-0.39, 0.29) is 16.8 Å². The molecule has 1 N–H and O–H groups in total. The Morgan fingerprint density at radius 2 is 1.69 bits per heavy atom. The number of pyridine rings is 1. The zero-order valence-electron chi connectivity index (χ0n) is 19.3. The summed E-state index contributed by atoms with van der Waals surface area (Å²) in [6.07, 6.45) is -2.39. The summed E-state index contributed by atoms with van der Waals surface area (Å²) in [5, 5.41) is 2.26. The number of halogens is 7. The zero-order valence-corrected chi connectivity index (χ0v) is 20.1. The van der Waals surface area contributed by atoms with Gasteiger partial charge in [-0.3, -0.25) is 9.78 Å². The van der Waals surface area contributed by atoms with E-state index < -0.39 is 81.4 Å². The Hall–Kier alpha value is -3.66. The van der Waals surface area contributed by atoms with E-state index in [0.717, 1.165) is 48.9 Å². The fourth-order valence-electron chi connectivity index (χ4n) is 4.52. The smallest absolute Gasteiger partial charge is 0.351 e. The lowest BCUT2D eigenvalue weighted by Gasteiger charge is -2.27. The molecule has 8 nitrogen and oxygen atoms in total. The van der Waals surface area contributed by atoms with Crippen LogP contribution in [-0.4, -0.2) is 52.1 Å². The van der Waals surface area contributed by atoms with E-state index in [1.165, 1.54) is 0 Å². The lowest BCUT2D eigenvalue weighted by molar-refractivity contribution is -0.145.